The number of ether oxygens (including phenoxy) is 1. The first-order valence-corrected chi connectivity index (χ1v) is 8.08. The summed E-state index contributed by atoms with van der Waals surface area (Å²) in [5.74, 6) is -2.67. The fourth-order valence-corrected chi connectivity index (χ4v) is 3.28. The van der Waals surface area contributed by atoms with Crippen LogP contribution in [0.1, 0.15) is 22.1 Å². The van der Waals surface area contributed by atoms with Crippen LogP contribution < -0.4 is 10.1 Å². The Morgan fingerprint density at radius 3 is 2.80 bits per heavy atom. The smallest absolute Gasteiger partial charge is 0.330 e. The summed E-state index contributed by atoms with van der Waals surface area (Å²) in [5, 5.41) is 14.5. The molecular weight excluding hydrogens is 347 g/mol. The highest BCUT2D eigenvalue weighted by atomic mass is 32.1. The van der Waals surface area contributed by atoms with Crippen LogP contribution in [0.5, 0.6) is 5.75 Å². The standard InChI is InChI=1S/C17H13FN2O4S/c1-24-12-3-2-10(8-11(12)18)13(17(22)23)20-16(21)14-15-9(4-6-19-14)5-7-25-15/h2-8,13H,1H3,(H,20,21)(H,22,23). The van der Waals surface area contributed by atoms with E-state index >= 15 is 0 Å². The number of nitrogens with one attached hydrogen (secondary N) is 1. The van der Waals surface area contributed by atoms with Crippen molar-refractivity contribution in [1.29, 1.82) is 0 Å². The van der Waals surface area contributed by atoms with E-state index in [0.717, 1.165) is 11.5 Å². The number of benzene rings is 1. The van der Waals surface area contributed by atoms with Gasteiger partial charge in [0, 0.05) is 6.20 Å². The second-order valence-corrected chi connectivity index (χ2v) is 6.05. The predicted octanol–water partition coefficient (Wildman–Crippen LogP) is 3.00. The maximum Gasteiger partial charge on any atom is 0.330 e. The summed E-state index contributed by atoms with van der Waals surface area (Å²) in [5.41, 5.74) is 0.227. The van der Waals surface area contributed by atoms with E-state index in [1.165, 1.54) is 36.8 Å². The summed E-state index contributed by atoms with van der Waals surface area (Å²) in [7, 11) is 1.31. The highest BCUT2D eigenvalue weighted by Crippen LogP contribution is 2.25. The quantitative estimate of drug-likeness (QED) is 0.730. The third-order valence-electron chi connectivity index (χ3n) is 3.62. The number of aliphatic carboxylic acids is 1. The van der Waals surface area contributed by atoms with Gasteiger partial charge >= 0.3 is 5.97 Å². The number of thiophene rings is 1. The Hall–Kier alpha value is -3.00. The third kappa shape index (κ3) is 3.29. The second kappa shape index (κ2) is 6.86. The second-order valence-electron chi connectivity index (χ2n) is 5.14. The number of carboxylic acids is 1. The maximum absolute atomic E-state index is 13.9. The molecule has 8 heteroatoms. The molecule has 25 heavy (non-hydrogen) atoms. The van der Waals surface area contributed by atoms with Gasteiger partial charge < -0.3 is 15.2 Å². The van der Waals surface area contributed by atoms with E-state index in [9.17, 15) is 19.1 Å². The topological polar surface area (TPSA) is 88.5 Å². The van der Waals surface area contributed by atoms with Crippen LogP contribution in [0.15, 0.2) is 41.9 Å². The Morgan fingerprint density at radius 2 is 2.12 bits per heavy atom. The average molecular weight is 360 g/mol. The molecule has 1 aromatic carbocycles. The van der Waals surface area contributed by atoms with Crippen molar-refractivity contribution >= 4 is 33.3 Å². The minimum atomic E-state index is -1.41. The summed E-state index contributed by atoms with van der Waals surface area (Å²) >= 11 is 1.33. The van der Waals surface area contributed by atoms with Gasteiger partial charge in [-0.05, 0) is 40.6 Å². The number of nitrogens with zero attached hydrogens (tertiary/aromatic N) is 1. The molecule has 2 aromatic heterocycles. The molecule has 0 saturated carbocycles. The largest absolute Gasteiger partial charge is 0.494 e. The lowest BCUT2D eigenvalue weighted by Crippen LogP contribution is -2.34. The van der Waals surface area contributed by atoms with Crippen LogP contribution in [-0.2, 0) is 4.79 Å². The van der Waals surface area contributed by atoms with Gasteiger partial charge in [-0.3, -0.25) is 4.79 Å². The number of hydrogen-bond acceptors (Lipinski definition) is 5. The van der Waals surface area contributed by atoms with E-state index in [-0.39, 0.29) is 17.0 Å². The van der Waals surface area contributed by atoms with Gasteiger partial charge in [-0.2, -0.15) is 0 Å². The molecule has 1 amide bonds. The van der Waals surface area contributed by atoms with E-state index in [2.05, 4.69) is 10.3 Å². The van der Waals surface area contributed by atoms with Gasteiger partial charge in [0.25, 0.3) is 5.91 Å². The van der Waals surface area contributed by atoms with Gasteiger partial charge in [0.2, 0.25) is 0 Å². The van der Waals surface area contributed by atoms with E-state index in [0.29, 0.717) is 4.70 Å². The summed E-state index contributed by atoms with van der Waals surface area (Å²) in [6.45, 7) is 0. The highest BCUT2D eigenvalue weighted by molar-refractivity contribution is 7.17. The van der Waals surface area contributed by atoms with Gasteiger partial charge in [0.15, 0.2) is 17.6 Å². The zero-order chi connectivity index (χ0) is 18.0. The Labute approximate surface area is 145 Å². The Balaban J connectivity index is 1.92. The number of hydrogen-bond donors (Lipinski definition) is 2. The number of halogens is 1. The molecular formula is C17H13FN2O4S. The van der Waals surface area contributed by atoms with Crippen molar-refractivity contribution in [3.8, 4) is 5.75 Å². The number of methoxy groups -OCH3 is 1. The first-order valence-electron chi connectivity index (χ1n) is 7.20. The van der Waals surface area contributed by atoms with Crippen LogP contribution in [0.2, 0.25) is 0 Å². The molecule has 0 radical (unpaired) electrons. The molecule has 3 rings (SSSR count). The zero-order valence-corrected chi connectivity index (χ0v) is 13.8. The maximum atomic E-state index is 13.9. The van der Waals surface area contributed by atoms with Crippen LogP contribution in [0.25, 0.3) is 10.1 Å². The average Bonchev–Trinajstić information content (AvgIpc) is 3.07. The minimum Gasteiger partial charge on any atom is -0.494 e. The van der Waals surface area contributed by atoms with Crippen molar-refractivity contribution in [3.05, 3.63) is 59.0 Å². The van der Waals surface area contributed by atoms with Crippen molar-refractivity contribution < 1.29 is 23.8 Å². The number of amides is 1. The van der Waals surface area contributed by atoms with Gasteiger partial charge in [-0.25, -0.2) is 14.2 Å². The molecule has 0 fully saturated rings. The molecule has 0 bridgehead atoms. The van der Waals surface area contributed by atoms with E-state index in [4.69, 9.17) is 4.74 Å². The molecule has 128 valence electrons. The minimum absolute atomic E-state index is 0.00997. The number of rotatable bonds is 5. The number of aromatic nitrogens is 1. The molecule has 6 nitrogen and oxygen atoms in total. The SMILES string of the molecule is COc1ccc(C(NC(=O)c2nccc3ccsc23)C(=O)O)cc1F. The molecule has 0 aliphatic rings. The highest BCUT2D eigenvalue weighted by Gasteiger charge is 2.25. The monoisotopic (exact) mass is 360 g/mol. The number of carbonyl (C=O) groups excluding carboxylic acids is 1. The Kier molecular flexibility index (Phi) is 4.62. The first kappa shape index (κ1) is 16.8. The molecule has 1 atom stereocenters. The van der Waals surface area contributed by atoms with Crippen LogP contribution >= 0.6 is 11.3 Å². The zero-order valence-electron chi connectivity index (χ0n) is 13.0. The lowest BCUT2D eigenvalue weighted by atomic mass is 10.1. The van der Waals surface area contributed by atoms with Gasteiger partial charge in [-0.1, -0.05) is 6.07 Å². The molecule has 0 spiro atoms. The molecule has 1 unspecified atom stereocenters. The van der Waals surface area contributed by atoms with Gasteiger partial charge in [0.1, 0.15) is 5.69 Å². The van der Waals surface area contributed by atoms with Crippen LogP contribution in [0, 0.1) is 5.82 Å². The molecule has 3 aromatic rings. The van der Waals surface area contributed by atoms with Crippen molar-refractivity contribution in [2.75, 3.05) is 7.11 Å². The van der Waals surface area contributed by atoms with Crippen molar-refractivity contribution in [1.82, 2.24) is 10.3 Å². The molecule has 0 saturated heterocycles. The van der Waals surface area contributed by atoms with Crippen molar-refractivity contribution in [2.24, 2.45) is 0 Å². The van der Waals surface area contributed by atoms with Gasteiger partial charge in [-0.15, -0.1) is 11.3 Å². The van der Waals surface area contributed by atoms with Crippen LogP contribution in [0.4, 0.5) is 4.39 Å². The van der Waals surface area contributed by atoms with Crippen LogP contribution in [0.3, 0.4) is 0 Å². The Morgan fingerprint density at radius 1 is 1.32 bits per heavy atom. The van der Waals surface area contributed by atoms with E-state index in [1.807, 2.05) is 11.4 Å². The third-order valence-corrected chi connectivity index (χ3v) is 4.55. The number of pyridine rings is 1. The lowest BCUT2D eigenvalue weighted by molar-refractivity contribution is -0.139. The van der Waals surface area contributed by atoms with Gasteiger partial charge in [0.05, 0.1) is 11.8 Å². The van der Waals surface area contributed by atoms with E-state index in [1.54, 1.807) is 6.07 Å². The van der Waals surface area contributed by atoms with Crippen molar-refractivity contribution in [3.63, 3.8) is 0 Å². The molecule has 2 N–H and O–H groups in total. The fourth-order valence-electron chi connectivity index (χ4n) is 2.40. The molecule has 0 aliphatic carbocycles. The fraction of sp³-hybridized carbons (Fsp3) is 0.118. The van der Waals surface area contributed by atoms with Crippen molar-refractivity contribution in [2.45, 2.75) is 6.04 Å². The number of carboxylic acid groups (broad SMARTS) is 1. The molecule has 0 aliphatic heterocycles. The number of fused-ring (bicyclic) bond motifs is 1. The number of carbonyl (C=O) groups is 2. The summed E-state index contributed by atoms with van der Waals surface area (Å²) in [4.78, 5) is 28.1. The lowest BCUT2D eigenvalue weighted by Gasteiger charge is -2.15. The molecule has 2 heterocycles. The first-order chi connectivity index (χ1) is 12.0. The van der Waals surface area contributed by atoms with Crippen LogP contribution in [-0.4, -0.2) is 29.1 Å². The Bertz CT molecular complexity index is 957. The summed E-state index contributed by atoms with van der Waals surface area (Å²) in [6, 6.07) is 5.91. The summed E-state index contributed by atoms with van der Waals surface area (Å²) in [6.07, 6.45) is 1.48. The predicted molar refractivity (Wildman–Crippen MR) is 90.4 cm³/mol. The van der Waals surface area contributed by atoms with E-state index < -0.39 is 23.7 Å². The normalized spacial score (nSPS) is 11.9. The summed E-state index contributed by atoms with van der Waals surface area (Å²) < 4.78 is 19.3.